The van der Waals surface area contributed by atoms with Crippen molar-refractivity contribution in [2.75, 3.05) is 39.4 Å². The van der Waals surface area contributed by atoms with Crippen molar-refractivity contribution in [3.63, 3.8) is 0 Å². The molecule has 160 valence electrons. The van der Waals surface area contributed by atoms with Crippen LogP contribution in [0.15, 0.2) is 17.0 Å². The number of hydrogen-bond donors (Lipinski definition) is 0. The highest BCUT2D eigenvalue weighted by molar-refractivity contribution is 7.89. The highest BCUT2D eigenvalue weighted by Crippen LogP contribution is 2.50. The summed E-state index contributed by atoms with van der Waals surface area (Å²) in [6.07, 6.45) is -2.25. The van der Waals surface area contributed by atoms with Crippen LogP contribution in [0, 0.1) is 24.2 Å². The Bertz CT molecular complexity index is 910. The zero-order valence-corrected chi connectivity index (χ0v) is 17.0. The number of alkyl halides is 3. The molecule has 0 aromatic carbocycles. The van der Waals surface area contributed by atoms with Gasteiger partial charge in [-0.2, -0.15) is 17.5 Å². The van der Waals surface area contributed by atoms with Gasteiger partial charge in [0.25, 0.3) is 0 Å². The van der Waals surface area contributed by atoms with Crippen LogP contribution in [0.4, 0.5) is 13.2 Å². The van der Waals surface area contributed by atoms with E-state index in [4.69, 9.17) is 4.74 Å². The van der Waals surface area contributed by atoms with Gasteiger partial charge in [-0.25, -0.2) is 13.4 Å². The number of sulfonamides is 1. The van der Waals surface area contributed by atoms with Gasteiger partial charge in [0.1, 0.15) is 10.6 Å². The SMILES string of the molecule is Cc1nc(C(F)(F)F)ccc1S(=O)(=O)N1C[C@H]2CN(C3CC4(COC4)C3)C[C@@H]2C1. The van der Waals surface area contributed by atoms with Gasteiger partial charge in [0.15, 0.2) is 0 Å². The minimum absolute atomic E-state index is 0.110. The van der Waals surface area contributed by atoms with E-state index in [9.17, 15) is 21.6 Å². The molecule has 4 heterocycles. The summed E-state index contributed by atoms with van der Waals surface area (Å²) < 4.78 is 71.3. The van der Waals surface area contributed by atoms with Crippen LogP contribution in [-0.2, 0) is 20.9 Å². The van der Waals surface area contributed by atoms with Gasteiger partial charge in [0, 0.05) is 37.6 Å². The molecule has 6 nitrogen and oxygen atoms in total. The van der Waals surface area contributed by atoms with Gasteiger partial charge in [-0.05, 0) is 43.7 Å². The lowest BCUT2D eigenvalue weighted by Gasteiger charge is -2.55. The van der Waals surface area contributed by atoms with Crippen LogP contribution in [0.25, 0.3) is 0 Å². The first-order chi connectivity index (χ1) is 13.6. The Morgan fingerprint density at radius 1 is 1.10 bits per heavy atom. The molecule has 1 saturated carbocycles. The third-order valence-electron chi connectivity index (χ3n) is 7.10. The fourth-order valence-electron chi connectivity index (χ4n) is 5.42. The van der Waals surface area contributed by atoms with E-state index in [2.05, 4.69) is 9.88 Å². The maximum atomic E-state index is 13.0. The van der Waals surface area contributed by atoms with Crippen molar-refractivity contribution < 1.29 is 26.3 Å². The molecule has 0 unspecified atom stereocenters. The second-order valence-corrected chi connectivity index (χ2v) is 11.0. The van der Waals surface area contributed by atoms with Gasteiger partial charge in [0.05, 0.1) is 18.9 Å². The quantitative estimate of drug-likeness (QED) is 0.734. The lowest BCUT2D eigenvalue weighted by Crippen LogP contribution is -2.59. The molecule has 29 heavy (non-hydrogen) atoms. The maximum absolute atomic E-state index is 13.0. The Kier molecular flexibility index (Phi) is 4.34. The topological polar surface area (TPSA) is 62.7 Å². The monoisotopic (exact) mass is 431 g/mol. The molecule has 4 aliphatic rings. The van der Waals surface area contributed by atoms with E-state index in [1.165, 1.54) is 24.1 Å². The third-order valence-corrected chi connectivity index (χ3v) is 9.06. The van der Waals surface area contributed by atoms with Crippen molar-refractivity contribution in [1.29, 1.82) is 0 Å². The first kappa shape index (κ1) is 19.7. The molecule has 0 bridgehead atoms. The lowest BCUT2D eigenvalue weighted by molar-refractivity contribution is -0.183. The molecular weight excluding hydrogens is 407 g/mol. The zero-order valence-electron chi connectivity index (χ0n) is 16.2. The molecule has 3 aliphatic heterocycles. The predicted octanol–water partition coefficient (Wildman–Crippen LogP) is 2.14. The summed E-state index contributed by atoms with van der Waals surface area (Å²) in [5.74, 6) is 0.559. The lowest BCUT2D eigenvalue weighted by atomic mass is 9.63. The van der Waals surface area contributed by atoms with E-state index in [1.54, 1.807) is 0 Å². The standard InChI is InChI=1S/C19H24F3N3O3S/c1-12-16(2-3-17(23-12)19(20,21)22)29(26,27)25-8-13-6-24(7-14(13)9-25)15-4-18(5-15)10-28-11-18/h2-3,13-15H,4-11H2,1H3/t13-,14-/m1/s1. The number of halogens is 3. The summed E-state index contributed by atoms with van der Waals surface area (Å²) in [6.45, 7) is 5.69. The number of nitrogens with zero attached hydrogens (tertiary/aromatic N) is 3. The second kappa shape index (κ2) is 6.38. The average molecular weight is 431 g/mol. The average Bonchev–Trinajstić information content (AvgIpc) is 3.10. The molecule has 3 saturated heterocycles. The molecule has 4 fully saturated rings. The van der Waals surface area contributed by atoms with Crippen molar-refractivity contribution >= 4 is 10.0 Å². The molecule has 10 heteroatoms. The number of rotatable bonds is 3. The van der Waals surface area contributed by atoms with Gasteiger partial charge in [0.2, 0.25) is 10.0 Å². The van der Waals surface area contributed by atoms with Crippen LogP contribution in [0.1, 0.15) is 24.2 Å². The van der Waals surface area contributed by atoms with Gasteiger partial charge in [-0.15, -0.1) is 0 Å². The zero-order chi connectivity index (χ0) is 20.6. The van der Waals surface area contributed by atoms with Crippen LogP contribution in [-0.4, -0.2) is 68.0 Å². The number of ether oxygens (including phenoxy) is 1. The minimum Gasteiger partial charge on any atom is -0.380 e. The van der Waals surface area contributed by atoms with Gasteiger partial charge < -0.3 is 4.74 Å². The van der Waals surface area contributed by atoms with Crippen LogP contribution < -0.4 is 0 Å². The molecule has 0 radical (unpaired) electrons. The normalized spacial score (nSPS) is 30.3. The second-order valence-electron chi connectivity index (χ2n) is 9.13. The highest BCUT2D eigenvalue weighted by atomic mass is 32.2. The first-order valence-electron chi connectivity index (χ1n) is 9.94. The molecule has 1 aromatic heterocycles. The molecule has 5 rings (SSSR count). The van der Waals surface area contributed by atoms with Crippen molar-refractivity contribution in [1.82, 2.24) is 14.2 Å². The summed E-state index contributed by atoms with van der Waals surface area (Å²) in [5.41, 5.74) is -0.774. The van der Waals surface area contributed by atoms with Gasteiger partial charge in [-0.1, -0.05) is 0 Å². The van der Waals surface area contributed by atoms with Crippen LogP contribution in [0.2, 0.25) is 0 Å². The van der Waals surface area contributed by atoms with Crippen molar-refractivity contribution in [2.45, 2.75) is 36.9 Å². The fraction of sp³-hybridized carbons (Fsp3) is 0.737. The molecule has 1 aliphatic carbocycles. The summed E-state index contributed by atoms with van der Waals surface area (Å²) in [7, 11) is -3.85. The van der Waals surface area contributed by atoms with Gasteiger partial charge in [-0.3, -0.25) is 4.90 Å². The number of aryl methyl sites for hydroxylation is 1. The maximum Gasteiger partial charge on any atom is 0.433 e. The molecule has 1 aromatic rings. The Hall–Kier alpha value is -1.23. The molecule has 1 spiro atoms. The van der Waals surface area contributed by atoms with E-state index in [-0.39, 0.29) is 22.4 Å². The molecular formula is C19H24F3N3O3S. The first-order valence-corrected chi connectivity index (χ1v) is 11.4. The van der Waals surface area contributed by atoms with Crippen molar-refractivity contribution in [2.24, 2.45) is 17.3 Å². The third kappa shape index (κ3) is 3.19. The Morgan fingerprint density at radius 3 is 2.21 bits per heavy atom. The fourth-order valence-corrected chi connectivity index (χ4v) is 7.14. The predicted molar refractivity (Wildman–Crippen MR) is 97.6 cm³/mol. The Morgan fingerprint density at radius 2 is 1.72 bits per heavy atom. The molecule has 0 amide bonds. The molecule has 2 atom stereocenters. The van der Waals surface area contributed by atoms with E-state index < -0.39 is 21.9 Å². The van der Waals surface area contributed by atoms with Crippen LogP contribution in [0.3, 0.4) is 0 Å². The van der Waals surface area contributed by atoms with Crippen LogP contribution >= 0.6 is 0 Å². The number of fused-ring (bicyclic) bond motifs is 1. The summed E-state index contributed by atoms with van der Waals surface area (Å²) >= 11 is 0. The summed E-state index contributed by atoms with van der Waals surface area (Å²) in [4.78, 5) is 5.85. The van der Waals surface area contributed by atoms with Crippen LogP contribution in [0.5, 0.6) is 0 Å². The van der Waals surface area contributed by atoms with E-state index in [0.29, 0.717) is 24.5 Å². The number of likely N-dealkylation sites (tertiary alicyclic amines) is 1. The number of pyridine rings is 1. The molecule has 0 N–H and O–H groups in total. The van der Waals surface area contributed by atoms with E-state index in [1.807, 2.05) is 0 Å². The van der Waals surface area contributed by atoms with Gasteiger partial charge >= 0.3 is 6.18 Å². The summed E-state index contributed by atoms with van der Waals surface area (Å²) in [5, 5.41) is 0. The Balaban J connectivity index is 1.25. The highest BCUT2D eigenvalue weighted by Gasteiger charge is 2.54. The summed E-state index contributed by atoms with van der Waals surface area (Å²) in [6, 6.07) is 2.36. The number of hydrogen-bond acceptors (Lipinski definition) is 5. The minimum atomic E-state index is -4.59. The van der Waals surface area contributed by atoms with E-state index >= 15 is 0 Å². The van der Waals surface area contributed by atoms with Crippen molar-refractivity contribution in [3.8, 4) is 0 Å². The van der Waals surface area contributed by atoms with E-state index in [0.717, 1.165) is 38.4 Å². The smallest absolute Gasteiger partial charge is 0.380 e. The largest absolute Gasteiger partial charge is 0.433 e. The Labute approximate surface area is 168 Å². The number of aromatic nitrogens is 1. The van der Waals surface area contributed by atoms with Crippen molar-refractivity contribution in [3.05, 3.63) is 23.5 Å².